The molecule has 1 unspecified atom stereocenters. The fraction of sp³-hybridized carbons (Fsp3) is 0.368. The van der Waals surface area contributed by atoms with Gasteiger partial charge in [-0.05, 0) is 24.3 Å². The number of ether oxygens (including phenoxy) is 3. The molecule has 1 fully saturated rings. The molecule has 10 heteroatoms. The zero-order chi connectivity index (χ0) is 21.0. The molecular weight excluding hydrogens is 400 g/mol. The van der Waals surface area contributed by atoms with Crippen LogP contribution in [0.3, 0.4) is 0 Å². The van der Waals surface area contributed by atoms with Gasteiger partial charge in [-0.25, -0.2) is 4.79 Å². The van der Waals surface area contributed by atoms with Crippen LogP contribution < -0.4 is 9.47 Å². The minimum absolute atomic E-state index is 0.0309. The van der Waals surface area contributed by atoms with Crippen LogP contribution in [-0.2, 0) is 9.53 Å². The standard InChI is InChI=1S/C19H20N2O7S/c1-26-15-9-12(14(21(24)25)10-16(15)27-2)19(23)28-11-18(22)20-7-3-5-13(20)17-6-4-8-29-17/h4,6,8-10,13H,3,5,7,11H2,1-2H3. The van der Waals surface area contributed by atoms with E-state index >= 15 is 0 Å². The molecule has 154 valence electrons. The summed E-state index contributed by atoms with van der Waals surface area (Å²) in [5.74, 6) is -1.05. The monoisotopic (exact) mass is 420 g/mol. The number of esters is 1. The van der Waals surface area contributed by atoms with Crippen LogP contribution in [0, 0.1) is 10.1 Å². The Morgan fingerprint density at radius 3 is 2.62 bits per heavy atom. The van der Waals surface area contributed by atoms with Gasteiger partial charge in [0.2, 0.25) is 0 Å². The second-order valence-electron chi connectivity index (χ2n) is 6.32. The Morgan fingerprint density at radius 1 is 1.28 bits per heavy atom. The fourth-order valence-electron chi connectivity index (χ4n) is 3.31. The van der Waals surface area contributed by atoms with Crippen LogP contribution in [0.4, 0.5) is 5.69 Å². The van der Waals surface area contributed by atoms with Gasteiger partial charge in [0.05, 0.1) is 31.3 Å². The summed E-state index contributed by atoms with van der Waals surface area (Å²) < 4.78 is 15.2. The van der Waals surface area contributed by atoms with Gasteiger partial charge in [-0.1, -0.05) is 6.07 Å². The highest BCUT2D eigenvalue weighted by atomic mass is 32.1. The molecule has 2 heterocycles. The number of thiophene rings is 1. The average molecular weight is 420 g/mol. The van der Waals surface area contributed by atoms with Crippen LogP contribution in [0.2, 0.25) is 0 Å². The van der Waals surface area contributed by atoms with Gasteiger partial charge in [-0.3, -0.25) is 14.9 Å². The predicted octanol–water partition coefficient (Wildman–Crippen LogP) is 3.19. The predicted molar refractivity (Wildman–Crippen MR) is 104 cm³/mol. The number of hydrogen-bond donors (Lipinski definition) is 0. The number of rotatable bonds is 7. The molecule has 0 aliphatic carbocycles. The quantitative estimate of drug-likeness (QED) is 0.384. The summed E-state index contributed by atoms with van der Waals surface area (Å²) in [6.45, 7) is 0.0850. The zero-order valence-electron chi connectivity index (χ0n) is 16.0. The second kappa shape index (κ2) is 8.91. The van der Waals surface area contributed by atoms with E-state index in [0.717, 1.165) is 23.8 Å². The molecule has 1 atom stereocenters. The fourth-order valence-corrected chi connectivity index (χ4v) is 4.19. The van der Waals surface area contributed by atoms with E-state index in [1.54, 1.807) is 16.2 Å². The van der Waals surface area contributed by atoms with Crippen molar-refractivity contribution in [2.75, 3.05) is 27.4 Å². The van der Waals surface area contributed by atoms with Crippen molar-refractivity contribution in [1.29, 1.82) is 0 Å². The van der Waals surface area contributed by atoms with Crippen molar-refractivity contribution in [3.63, 3.8) is 0 Å². The normalized spacial score (nSPS) is 15.8. The van der Waals surface area contributed by atoms with Crippen molar-refractivity contribution in [2.24, 2.45) is 0 Å². The Balaban J connectivity index is 1.73. The number of hydrogen-bond acceptors (Lipinski definition) is 8. The van der Waals surface area contributed by atoms with Crippen LogP contribution in [0.1, 0.15) is 34.1 Å². The van der Waals surface area contributed by atoms with E-state index in [1.165, 1.54) is 20.3 Å². The summed E-state index contributed by atoms with van der Waals surface area (Å²) in [6.07, 6.45) is 1.71. The zero-order valence-corrected chi connectivity index (χ0v) is 16.8. The summed E-state index contributed by atoms with van der Waals surface area (Å²) in [5.41, 5.74) is -0.797. The summed E-state index contributed by atoms with van der Waals surface area (Å²) in [5, 5.41) is 13.3. The molecule has 1 amide bonds. The van der Waals surface area contributed by atoms with Gasteiger partial charge >= 0.3 is 5.97 Å². The van der Waals surface area contributed by atoms with E-state index in [4.69, 9.17) is 14.2 Å². The Hall–Kier alpha value is -3.14. The number of nitro benzene ring substituents is 1. The molecule has 0 bridgehead atoms. The van der Waals surface area contributed by atoms with Gasteiger partial charge in [-0.15, -0.1) is 11.3 Å². The first kappa shape index (κ1) is 20.6. The number of methoxy groups -OCH3 is 2. The highest BCUT2D eigenvalue weighted by molar-refractivity contribution is 7.10. The largest absolute Gasteiger partial charge is 0.493 e. The maximum atomic E-state index is 12.6. The second-order valence-corrected chi connectivity index (χ2v) is 7.30. The molecule has 0 radical (unpaired) electrons. The van der Waals surface area contributed by atoms with Crippen LogP contribution in [-0.4, -0.2) is 49.1 Å². The van der Waals surface area contributed by atoms with Crippen molar-refractivity contribution >= 4 is 28.9 Å². The van der Waals surface area contributed by atoms with Gasteiger partial charge in [0, 0.05) is 17.5 Å². The summed E-state index contributed by atoms with van der Waals surface area (Å²) in [6, 6.07) is 6.13. The van der Waals surface area contributed by atoms with Gasteiger partial charge in [0.1, 0.15) is 5.56 Å². The molecule has 0 saturated carbocycles. The topological polar surface area (TPSA) is 108 Å². The lowest BCUT2D eigenvalue weighted by Crippen LogP contribution is -2.34. The van der Waals surface area contributed by atoms with E-state index in [2.05, 4.69) is 0 Å². The third-order valence-corrected chi connectivity index (χ3v) is 5.66. The van der Waals surface area contributed by atoms with Gasteiger partial charge in [0.15, 0.2) is 18.1 Å². The molecule has 1 aliphatic rings. The maximum Gasteiger partial charge on any atom is 0.345 e. The van der Waals surface area contributed by atoms with Crippen molar-refractivity contribution in [3.05, 3.63) is 50.2 Å². The van der Waals surface area contributed by atoms with Crippen LogP contribution in [0.5, 0.6) is 11.5 Å². The Morgan fingerprint density at radius 2 is 2.00 bits per heavy atom. The summed E-state index contributed by atoms with van der Waals surface area (Å²) in [7, 11) is 2.68. The third-order valence-electron chi connectivity index (χ3n) is 4.69. The van der Waals surface area contributed by atoms with Crippen LogP contribution in [0.15, 0.2) is 29.6 Å². The number of benzene rings is 1. The summed E-state index contributed by atoms with van der Waals surface area (Å²) >= 11 is 1.57. The average Bonchev–Trinajstić information content (AvgIpc) is 3.41. The molecule has 1 aromatic heterocycles. The highest BCUT2D eigenvalue weighted by Crippen LogP contribution is 2.36. The van der Waals surface area contributed by atoms with Gasteiger partial charge in [0.25, 0.3) is 11.6 Å². The molecule has 2 aromatic rings. The number of amides is 1. The van der Waals surface area contributed by atoms with Crippen molar-refractivity contribution < 1.29 is 28.7 Å². The Kier molecular flexibility index (Phi) is 6.32. The van der Waals surface area contributed by atoms with Crippen molar-refractivity contribution in [1.82, 2.24) is 4.90 Å². The molecule has 0 spiro atoms. The highest BCUT2D eigenvalue weighted by Gasteiger charge is 2.32. The van der Waals surface area contributed by atoms with E-state index in [9.17, 15) is 19.7 Å². The first-order valence-corrected chi connectivity index (χ1v) is 9.74. The van der Waals surface area contributed by atoms with Gasteiger partial charge in [-0.2, -0.15) is 0 Å². The van der Waals surface area contributed by atoms with Crippen LogP contribution in [0.25, 0.3) is 0 Å². The molecule has 1 saturated heterocycles. The number of carbonyl (C=O) groups is 2. The number of nitrogens with zero attached hydrogens (tertiary/aromatic N) is 2. The van der Waals surface area contributed by atoms with Gasteiger partial charge < -0.3 is 19.1 Å². The van der Waals surface area contributed by atoms with Crippen molar-refractivity contribution in [2.45, 2.75) is 18.9 Å². The minimum Gasteiger partial charge on any atom is -0.493 e. The molecule has 29 heavy (non-hydrogen) atoms. The molecule has 1 aliphatic heterocycles. The maximum absolute atomic E-state index is 12.6. The summed E-state index contributed by atoms with van der Waals surface area (Å²) in [4.78, 5) is 38.5. The molecule has 0 N–H and O–H groups in total. The lowest BCUT2D eigenvalue weighted by atomic mass is 10.1. The van der Waals surface area contributed by atoms with E-state index in [-0.39, 0.29) is 29.0 Å². The lowest BCUT2D eigenvalue weighted by Gasteiger charge is -2.23. The first-order chi connectivity index (χ1) is 14.0. The smallest absolute Gasteiger partial charge is 0.345 e. The first-order valence-electron chi connectivity index (χ1n) is 8.86. The molecule has 3 rings (SSSR count). The third kappa shape index (κ3) is 4.32. The lowest BCUT2D eigenvalue weighted by molar-refractivity contribution is -0.385. The SMILES string of the molecule is COc1cc(C(=O)OCC(=O)N2CCCC2c2cccs2)c([N+](=O)[O-])cc1OC. The van der Waals surface area contributed by atoms with Crippen molar-refractivity contribution in [3.8, 4) is 11.5 Å². The Labute approximate surface area is 170 Å². The number of carbonyl (C=O) groups excluding carboxylic acids is 2. The van der Waals surface area contributed by atoms with E-state index in [1.807, 2.05) is 17.5 Å². The van der Waals surface area contributed by atoms with E-state index in [0.29, 0.717) is 6.54 Å². The molecular formula is C19H20N2O7S. The van der Waals surface area contributed by atoms with Crippen LogP contribution >= 0.6 is 11.3 Å². The molecule has 1 aromatic carbocycles. The number of likely N-dealkylation sites (tertiary alicyclic amines) is 1. The minimum atomic E-state index is -0.974. The molecule has 9 nitrogen and oxygen atoms in total. The Bertz CT molecular complexity index is 914. The number of nitro groups is 1. The van der Waals surface area contributed by atoms with E-state index < -0.39 is 23.2 Å².